The summed E-state index contributed by atoms with van der Waals surface area (Å²) in [5.74, 6) is 0.158. The zero-order valence-corrected chi connectivity index (χ0v) is 10.1. The van der Waals surface area contributed by atoms with Gasteiger partial charge in [0.05, 0.1) is 6.04 Å². The molecule has 0 aliphatic carbocycles. The van der Waals surface area contributed by atoms with E-state index in [9.17, 15) is 4.79 Å². The average molecular weight is 250 g/mol. The molecule has 5 nitrogen and oxygen atoms in total. The largest absolute Gasteiger partial charge is 0.508 e. The number of amides is 1. The number of aromatic hydroxyl groups is 1. The molecule has 1 unspecified atom stereocenters. The fraction of sp³-hybridized carbons (Fsp3) is 0.462. The molecular formula is C13H18N2O3. The summed E-state index contributed by atoms with van der Waals surface area (Å²) in [5, 5.41) is 11.9. The zero-order valence-electron chi connectivity index (χ0n) is 10.1. The van der Waals surface area contributed by atoms with Crippen LogP contribution in [0.2, 0.25) is 0 Å². The van der Waals surface area contributed by atoms with Crippen molar-refractivity contribution in [3.63, 3.8) is 0 Å². The summed E-state index contributed by atoms with van der Waals surface area (Å²) in [7, 11) is 0. The number of hydrogen-bond donors (Lipinski definition) is 3. The van der Waals surface area contributed by atoms with Gasteiger partial charge in [-0.3, -0.25) is 4.79 Å². The lowest BCUT2D eigenvalue weighted by atomic mass is 9.92. The van der Waals surface area contributed by atoms with E-state index in [1.165, 1.54) is 12.1 Å². The lowest BCUT2D eigenvalue weighted by Crippen LogP contribution is -2.43. The maximum absolute atomic E-state index is 12.0. The van der Waals surface area contributed by atoms with Crippen LogP contribution in [0.5, 0.6) is 5.75 Å². The van der Waals surface area contributed by atoms with Gasteiger partial charge >= 0.3 is 0 Å². The molecule has 0 saturated carbocycles. The molecule has 1 saturated heterocycles. The Balaban J connectivity index is 1.92. The van der Waals surface area contributed by atoms with E-state index in [2.05, 4.69) is 5.32 Å². The highest BCUT2D eigenvalue weighted by atomic mass is 16.5. The average Bonchev–Trinajstić information content (AvgIpc) is 2.41. The maximum atomic E-state index is 12.0. The molecule has 0 aromatic heterocycles. The Hall–Kier alpha value is -1.59. The smallest absolute Gasteiger partial charge is 0.241 e. The van der Waals surface area contributed by atoms with Crippen LogP contribution in [0.1, 0.15) is 12.8 Å². The number of rotatable bonds is 3. The highest BCUT2D eigenvalue weighted by Gasteiger charge is 2.26. The number of nitrogens with two attached hydrogens (primary N) is 1. The van der Waals surface area contributed by atoms with E-state index in [1.54, 1.807) is 12.1 Å². The predicted octanol–water partition coefficient (Wildman–Crippen LogP) is 1.08. The van der Waals surface area contributed by atoms with Crippen molar-refractivity contribution in [3.8, 4) is 5.75 Å². The quantitative estimate of drug-likeness (QED) is 0.701. The van der Waals surface area contributed by atoms with Gasteiger partial charge in [-0.2, -0.15) is 0 Å². The monoisotopic (exact) mass is 250 g/mol. The van der Waals surface area contributed by atoms with Gasteiger partial charge in [-0.05, 0) is 43.0 Å². The molecule has 1 amide bonds. The Bertz CT molecular complexity index is 399. The first-order chi connectivity index (χ1) is 8.66. The van der Waals surface area contributed by atoms with Crippen molar-refractivity contribution in [1.29, 1.82) is 0 Å². The minimum Gasteiger partial charge on any atom is -0.508 e. The van der Waals surface area contributed by atoms with Crippen molar-refractivity contribution < 1.29 is 14.6 Å². The first-order valence-corrected chi connectivity index (χ1v) is 6.10. The third-order valence-corrected chi connectivity index (χ3v) is 3.21. The van der Waals surface area contributed by atoms with Crippen molar-refractivity contribution in [3.05, 3.63) is 24.3 Å². The summed E-state index contributed by atoms with van der Waals surface area (Å²) < 4.78 is 5.25. The van der Waals surface area contributed by atoms with Gasteiger partial charge in [-0.25, -0.2) is 0 Å². The number of carbonyl (C=O) groups excluding carboxylic acids is 1. The first kappa shape index (κ1) is 12.9. The van der Waals surface area contributed by atoms with Crippen molar-refractivity contribution in [2.75, 3.05) is 18.5 Å². The highest BCUT2D eigenvalue weighted by molar-refractivity contribution is 5.94. The van der Waals surface area contributed by atoms with Crippen LogP contribution in [0.15, 0.2) is 24.3 Å². The standard InChI is InChI=1S/C13H18N2O3/c14-12(9-5-7-18-8-6-9)13(17)15-10-1-3-11(16)4-2-10/h1-4,9,12,16H,5-8,14H2,(H,15,17). The first-order valence-electron chi connectivity index (χ1n) is 6.10. The summed E-state index contributed by atoms with van der Waals surface area (Å²) in [6.45, 7) is 1.34. The summed E-state index contributed by atoms with van der Waals surface area (Å²) in [6, 6.07) is 5.82. The molecule has 1 aliphatic heterocycles. The van der Waals surface area contributed by atoms with Gasteiger partial charge in [0.1, 0.15) is 5.75 Å². The molecule has 1 aliphatic rings. The molecule has 1 fully saturated rings. The van der Waals surface area contributed by atoms with Gasteiger partial charge in [-0.1, -0.05) is 0 Å². The molecule has 0 radical (unpaired) electrons. The van der Waals surface area contributed by atoms with E-state index in [0.29, 0.717) is 18.9 Å². The summed E-state index contributed by atoms with van der Waals surface area (Å²) >= 11 is 0. The topological polar surface area (TPSA) is 84.6 Å². The third-order valence-electron chi connectivity index (χ3n) is 3.21. The second-order valence-corrected chi connectivity index (χ2v) is 4.51. The lowest BCUT2D eigenvalue weighted by Gasteiger charge is -2.26. The number of phenolic OH excluding ortho intramolecular Hbond substituents is 1. The van der Waals surface area contributed by atoms with Crippen LogP contribution in [0.25, 0.3) is 0 Å². The van der Waals surface area contributed by atoms with Crippen LogP contribution in [-0.4, -0.2) is 30.3 Å². The van der Waals surface area contributed by atoms with Crippen LogP contribution in [0.4, 0.5) is 5.69 Å². The van der Waals surface area contributed by atoms with Crippen molar-refractivity contribution >= 4 is 11.6 Å². The molecular weight excluding hydrogens is 232 g/mol. The van der Waals surface area contributed by atoms with Gasteiger partial charge in [0.2, 0.25) is 5.91 Å². The van der Waals surface area contributed by atoms with Crippen molar-refractivity contribution in [2.45, 2.75) is 18.9 Å². The molecule has 1 heterocycles. The SMILES string of the molecule is NC(C(=O)Nc1ccc(O)cc1)C1CCOCC1. The second kappa shape index (κ2) is 5.84. The van der Waals surface area contributed by atoms with E-state index in [-0.39, 0.29) is 17.6 Å². The van der Waals surface area contributed by atoms with E-state index in [4.69, 9.17) is 15.6 Å². The summed E-state index contributed by atoms with van der Waals surface area (Å²) in [4.78, 5) is 12.0. The number of phenols is 1. The summed E-state index contributed by atoms with van der Waals surface area (Å²) in [6.07, 6.45) is 1.65. The molecule has 5 heteroatoms. The number of benzene rings is 1. The van der Waals surface area contributed by atoms with Crippen LogP contribution >= 0.6 is 0 Å². The van der Waals surface area contributed by atoms with Crippen molar-refractivity contribution in [2.24, 2.45) is 11.7 Å². The van der Waals surface area contributed by atoms with Crippen LogP contribution in [-0.2, 0) is 9.53 Å². The number of ether oxygens (including phenoxy) is 1. The Morgan fingerprint density at radius 3 is 2.56 bits per heavy atom. The molecule has 98 valence electrons. The number of carbonyl (C=O) groups is 1. The maximum Gasteiger partial charge on any atom is 0.241 e. The van der Waals surface area contributed by atoms with Gasteiger partial charge in [0, 0.05) is 18.9 Å². The minimum absolute atomic E-state index is 0.168. The van der Waals surface area contributed by atoms with Gasteiger partial charge in [0.15, 0.2) is 0 Å². The van der Waals surface area contributed by atoms with E-state index in [0.717, 1.165) is 12.8 Å². The summed E-state index contributed by atoms with van der Waals surface area (Å²) in [5.41, 5.74) is 6.59. The number of hydrogen-bond acceptors (Lipinski definition) is 4. The molecule has 0 bridgehead atoms. The molecule has 18 heavy (non-hydrogen) atoms. The minimum atomic E-state index is -0.511. The molecule has 1 aromatic carbocycles. The Morgan fingerprint density at radius 2 is 1.94 bits per heavy atom. The molecule has 0 spiro atoms. The second-order valence-electron chi connectivity index (χ2n) is 4.51. The van der Waals surface area contributed by atoms with E-state index in [1.807, 2.05) is 0 Å². The third kappa shape index (κ3) is 3.21. The highest BCUT2D eigenvalue weighted by Crippen LogP contribution is 2.19. The van der Waals surface area contributed by atoms with E-state index >= 15 is 0 Å². The van der Waals surface area contributed by atoms with Gasteiger partial charge in [0.25, 0.3) is 0 Å². The van der Waals surface area contributed by atoms with Crippen molar-refractivity contribution in [1.82, 2.24) is 0 Å². The Kier molecular flexibility index (Phi) is 4.17. The lowest BCUT2D eigenvalue weighted by molar-refractivity contribution is -0.119. The molecule has 1 aromatic rings. The Labute approximate surface area is 106 Å². The number of nitrogens with one attached hydrogen (secondary N) is 1. The van der Waals surface area contributed by atoms with Crippen LogP contribution in [0, 0.1) is 5.92 Å². The zero-order chi connectivity index (χ0) is 13.0. The van der Waals surface area contributed by atoms with Crippen LogP contribution in [0.3, 0.4) is 0 Å². The molecule has 4 N–H and O–H groups in total. The van der Waals surface area contributed by atoms with Crippen LogP contribution < -0.4 is 11.1 Å². The predicted molar refractivity (Wildman–Crippen MR) is 68.3 cm³/mol. The molecule has 1 atom stereocenters. The number of anilines is 1. The normalized spacial score (nSPS) is 18.3. The van der Waals surface area contributed by atoms with E-state index < -0.39 is 6.04 Å². The Morgan fingerprint density at radius 1 is 1.33 bits per heavy atom. The fourth-order valence-corrected chi connectivity index (χ4v) is 2.06. The fourth-order valence-electron chi connectivity index (χ4n) is 2.06. The molecule has 2 rings (SSSR count). The van der Waals surface area contributed by atoms with Gasteiger partial charge in [-0.15, -0.1) is 0 Å². The van der Waals surface area contributed by atoms with Gasteiger partial charge < -0.3 is 20.9 Å².